The van der Waals surface area contributed by atoms with Crippen LogP contribution in [0.2, 0.25) is 0 Å². The lowest BCUT2D eigenvalue weighted by Gasteiger charge is -2.12. The minimum Gasteiger partial charge on any atom is -0.324 e. The number of alkyl halides is 3. The molecule has 0 radical (unpaired) electrons. The molecule has 1 amide bonds. The molecule has 2 aromatic carbocycles. The van der Waals surface area contributed by atoms with Crippen LogP contribution in [-0.2, 0) is 11.0 Å². The van der Waals surface area contributed by atoms with Gasteiger partial charge in [0.2, 0.25) is 5.91 Å². The average molecular weight is 451 g/mol. The molecule has 1 aliphatic rings. The van der Waals surface area contributed by atoms with Crippen molar-refractivity contribution in [2.45, 2.75) is 18.5 Å². The number of hydrogen-bond donors (Lipinski definition) is 1. The first-order valence-electron chi connectivity index (χ1n) is 8.45. The minimum atomic E-state index is -4.36. The maximum atomic E-state index is 12.7. The first-order valence-corrected chi connectivity index (χ1v) is 9.25. The summed E-state index contributed by atoms with van der Waals surface area (Å²) in [5, 5.41) is 6.98. The molecule has 5 nitrogen and oxygen atoms in total. The van der Waals surface area contributed by atoms with Crippen LogP contribution in [0, 0.1) is 5.92 Å². The van der Waals surface area contributed by atoms with Crippen molar-refractivity contribution in [3.05, 3.63) is 70.7 Å². The van der Waals surface area contributed by atoms with Gasteiger partial charge >= 0.3 is 6.18 Å². The second-order valence-corrected chi connectivity index (χ2v) is 7.47. The number of carbonyl (C=O) groups is 1. The molecule has 0 saturated heterocycles. The molecule has 0 aliphatic heterocycles. The molecule has 1 aromatic heterocycles. The number of halogens is 4. The molecule has 1 heterocycles. The molecule has 2 unspecified atom stereocenters. The molecular formula is C19H14BrF3N4O. The predicted molar refractivity (Wildman–Crippen MR) is 100.0 cm³/mol. The topological polar surface area (TPSA) is 59.8 Å². The van der Waals surface area contributed by atoms with E-state index in [1.165, 1.54) is 24.8 Å². The van der Waals surface area contributed by atoms with E-state index in [9.17, 15) is 18.0 Å². The second kappa shape index (κ2) is 7.05. The highest BCUT2D eigenvalue weighted by Gasteiger charge is 2.44. The molecule has 0 spiro atoms. The SMILES string of the molecule is O=C(Nc1cc(Br)ccc1-n1cncn1)C1CC1c1ccc(C(F)(F)F)cc1. The van der Waals surface area contributed by atoms with Gasteiger partial charge in [-0.1, -0.05) is 28.1 Å². The van der Waals surface area contributed by atoms with Gasteiger partial charge in [-0.05, 0) is 48.2 Å². The molecule has 2 atom stereocenters. The lowest BCUT2D eigenvalue weighted by molar-refractivity contribution is -0.137. The molecule has 1 aliphatic carbocycles. The highest BCUT2D eigenvalue weighted by atomic mass is 79.9. The van der Waals surface area contributed by atoms with Crippen molar-refractivity contribution in [3.63, 3.8) is 0 Å². The van der Waals surface area contributed by atoms with Crippen molar-refractivity contribution in [3.8, 4) is 5.69 Å². The second-order valence-electron chi connectivity index (χ2n) is 6.56. The molecule has 1 saturated carbocycles. The normalized spacial score (nSPS) is 18.7. The van der Waals surface area contributed by atoms with Crippen LogP contribution in [0.25, 0.3) is 5.69 Å². The molecular weight excluding hydrogens is 437 g/mol. The third kappa shape index (κ3) is 3.80. The van der Waals surface area contributed by atoms with Crippen molar-refractivity contribution in [1.29, 1.82) is 0 Å². The van der Waals surface area contributed by atoms with Gasteiger partial charge in [0.1, 0.15) is 12.7 Å². The van der Waals surface area contributed by atoms with Crippen molar-refractivity contribution < 1.29 is 18.0 Å². The summed E-state index contributed by atoms with van der Waals surface area (Å²) in [5.41, 5.74) is 1.28. The van der Waals surface area contributed by atoms with E-state index in [0.29, 0.717) is 17.8 Å². The lowest BCUT2D eigenvalue weighted by Crippen LogP contribution is -2.16. The van der Waals surface area contributed by atoms with Gasteiger partial charge < -0.3 is 5.32 Å². The average Bonchev–Trinajstić information content (AvgIpc) is 3.28. The van der Waals surface area contributed by atoms with Gasteiger partial charge in [0.15, 0.2) is 0 Å². The zero-order chi connectivity index (χ0) is 19.9. The van der Waals surface area contributed by atoms with Crippen molar-refractivity contribution in [2.24, 2.45) is 5.92 Å². The zero-order valence-corrected chi connectivity index (χ0v) is 15.9. The van der Waals surface area contributed by atoms with E-state index in [2.05, 4.69) is 31.3 Å². The van der Waals surface area contributed by atoms with E-state index in [-0.39, 0.29) is 17.7 Å². The molecule has 1 N–H and O–H groups in total. The fourth-order valence-electron chi connectivity index (χ4n) is 3.14. The van der Waals surface area contributed by atoms with Gasteiger partial charge in [-0.15, -0.1) is 0 Å². The van der Waals surface area contributed by atoms with Gasteiger partial charge in [-0.2, -0.15) is 18.3 Å². The molecule has 3 aromatic rings. The smallest absolute Gasteiger partial charge is 0.324 e. The maximum Gasteiger partial charge on any atom is 0.416 e. The Morgan fingerprint density at radius 3 is 2.57 bits per heavy atom. The van der Waals surface area contributed by atoms with Crippen LogP contribution < -0.4 is 5.32 Å². The Labute approximate surface area is 166 Å². The van der Waals surface area contributed by atoms with Gasteiger partial charge in [-0.25, -0.2) is 9.67 Å². The van der Waals surface area contributed by atoms with Crippen LogP contribution in [0.15, 0.2) is 59.6 Å². The molecule has 4 rings (SSSR count). The Kier molecular flexibility index (Phi) is 4.70. The Balaban J connectivity index is 1.48. The van der Waals surface area contributed by atoms with Crippen LogP contribution in [-0.4, -0.2) is 20.7 Å². The number of amides is 1. The number of benzene rings is 2. The van der Waals surface area contributed by atoms with Gasteiger partial charge in [0.05, 0.1) is 16.9 Å². The fourth-order valence-corrected chi connectivity index (χ4v) is 3.50. The molecule has 144 valence electrons. The van der Waals surface area contributed by atoms with E-state index in [1.807, 2.05) is 6.07 Å². The van der Waals surface area contributed by atoms with Crippen molar-refractivity contribution >= 4 is 27.5 Å². The summed E-state index contributed by atoms with van der Waals surface area (Å²) in [6.45, 7) is 0. The van der Waals surface area contributed by atoms with Gasteiger partial charge in [0.25, 0.3) is 0 Å². The predicted octanol–water partition coefficient (Wildman–Crippen LogP) is 4.79. The van der Waals surface area contributed by atoms with E-state index in [0.717, 1.165) is 22.2 Å². The third-order valence-electron chi connectivity index (χ3n) is 4.68. The van der Waals surface area contributed by atoms with Crippen molar-refractivity contribution in [2.75, 3.05) is 5.32 Å². The van der Waals surface area contributed by atoms with Gasteiger partial charge in [-0.3, -0.25) is 4.79 Å². The largest absolute Gasteiger partial charge is 0.416 e. The van der Waals surface area contributed by atoms with Crippen LogP contribution in [0.3, 0.4) is 0 Å². The zero-order valence-electron chi connectivity index (χ0n) is 14.3. The fraction of sp³-hybridized carbons (Fsp3) is 0.211. The molecule has 0 bridgehead atoms. The summed E-state index contributed by atoms with van der Waals surface area (Å²) in [6, 6.07) is 10.4. The Morgan fingerprint density at radius 1 is 1.18 bits per heavy atom. The van der Waals surface area contributed by atoms with E-state index in [1.54, 1.807) is 16.8 Å². The molecule has 1 fully saturated rings. The summed E-state index contributed by atoms with van der Waals surface area (Å²) in [4.78, 5) is 16.6. The third-order valence-corrected chi connectivity index (χ3v) is 5.17. The van der Waals surface area contributed by atoms with Crippen LogP contribution >= 0.6 is 15.9 Å². The number of nitrogens with zero attached hydrogens (tertiary/aromatic N) is 3. The van der Waals surface area contributed by atoms with E-state index >= 15 is 0 Å². The summed E-state index contributed by atoms with van der Waals surface area (Å²) >= 11 is 3.39. The standard InChI is InChI=1S/C19H14BrF3N4O/c20-13-5-6-17(27-10-24-9-25-27)16(7-13)26-18(28)15-8-14(15)11-1-3-12(4-2-11)19(21,22)23/h1-7,9-10,14-15H,8H2,(H,26,28). The van der Waals surface area contributed by atoms with Gasteiger partial charge in [0, 0.05) is 10.4 Å². The van der Waals surface area contributed by atoms with Crippen LogP contribution in [0.5, 0.6) is 0 Å². The number of hydrogen-bond acceptors (Lipinski definition) is 3. The first kappa shape index (κ1) is 18.7. The number of rotatable bonds is 4. The summed E-state index contributed by atoms with van der Waals surface area (Å²) in [7, 11) is 0. The first-order chi connectivity index (χ1) is 13.3. The quantitative estimate of drug-likeness (QED) is 0.621. The highest BCUT2D eigenvalue weighted by Crippen LogP contribution is 2.48. The molecule has 9 heteroatoms. The Morgan fingerprint density at radius 2 is 1.93 bits per heavy atom. The van der Waals surface area contributed by atoms with E-state index < -0.39 is 11.7 Å². The highest BCUT2D eigenvalue weighted by molar-refractivity contribution is 9.10. The number of anilines is 1. The summed E-state index contributed by atoms with van der Waals surface area (Å²) < 4.78 is 40.4. The molecule has 28 heavy (non-hydrogen) atoms. The Bertz CT molecular complexity index is 1000. The number of aromatic nitrogens is 3. The summed E-state index contributed by atoms with van der Waals surface area (Å²) in [6.07, 6.45) is -0.836. The van der Waals surface area contributed by atoms with Crippen LogP contribution in [0.4, 0.5) is 18.9 Å². The number of nitrogens with one attached hydrogen (secondary N) is 1. The van der Waals surface area contributed by atoms with Crippen molar-refractivity contribution in [1.82, 2.24) is 14.8 Å². The monoisotopic (exact) mass is 450 g/mol. The maximum absolute atomic E-state index is 12.7. The minimum absolute atomic E-state index is 0.0794. The summed E-state index contributed by atoms with van der Waals surface area (Å²) in [5.74, 6) is -0.534. The van der Waals surface area contributed by atoms with Crippen LogP contribution in [0.1, 0.15) is 23.5 Å². The Hall–Kier alpha value is -2.68. The lowest BCUT2D eigenvalue weighted by atomic mass is 10.1. The van der Waals surface area contributed by atoms with E-state index in [4.69, 9.17) is 0 Å². The number of carbonyl (C=O) groups excluding carboxylic acids is 1.